The fourth-order valence-corrected chi connectivity index (χ4v) is 3.22. The van der Waals surface area contributed by atoms with E-state index in [0.717, 1.165) is 22.2 Å². The van der Waals surface area contributed by atoms with Gasteiger partial charge in [-0.15, -0.1) is 0 Å². The highest BCUT2D eigenvalue weighted by Crippen LogP contribution is 2.34. The topological polar surface area (TPSA) is 77.2 Å². The van der Waals surface area contributed by atoms with E-state index in [1.807, 2.05) is 39.0 Å². The van der Waals surface area contributed by atoms with Crippen LogP contribution >= 0.6 is 15.9 Å². The zero-order chi connectivity index (χ0) is 18.7. The highest BCUT2D eigenvalue weighted by molar-refractivity contribution is 9.10. The first kappa shape index (κ1) is 18.9. The molecule has 3 rings (SSSR count). The summed E-state index contributed by atoms with van der Waals surface area (Å²) in [5.74, 6) is 2.15. The van der Waals surface area contributed by atoms with Crippen LogP contribution in [0.5, 0.6) is 5.75 Å². The van der Waals surface area contributed by atoms with Gasteiger partial charge in [-0.25, -0.2) is 0 Å². The van der Waals surface area contributed by atoms with Crippen LogP contribution in [0.15, 0.2) is 27.2 Å². The highest BCUT2D eigenvalue weighted by Gasteiger charge is 2.24. The number of aromatic nitrogens is 2. The molecule has 2 aromatic rings. The van der Waals surface area contributed by atoms with E-state index in [-0.39, 0.29) is 17.4 Å². The molecule has 1 unspecified atom stereocenters. The minimum absolute atomic E-state index is 0.0142. The molecule has 1 aliphatic heterocycles. The molecule has 0 fully saturated rings. The summed E-state index contributed by atoms with van der Waals surface area (Å²) in [5, 5.41) is 7.12. The van der Waals surface area contributed by atoms with Crippen molar-refractivity contribution in [1.29, 1.82) is 0 Å². The summed E-state index contributed by atoms with van der Waals surface area (Å²) in [4.78, 5) is 16.7. The molecule has 0 radical (unpaired) electrons. The summed E-state index contributed by atoms with van der Waals surface area (Å²) >= 11 is 3.48. The molecule has 6 nitrogen and oxygen atoms in total. The number of nitrogens with one attached hydrogen (secondary N) is 1. The second-order valence-electron chi connectivity index (χ2n) is 7.55. The molecule has 140 valence electrons. The van der Waals surface area contributed by atoms with Gasteiger partial charge in [-0.2, -0.15) is 4.98 Å². The van der Waals surface area contributed by atoms with Crippen LogP contribution < -0.4 is 10.1 Å². The van der Waals surface area contributed by atoms with Crippen molar-refractivity contribution in [3.05, 3.63) is 40.0 Å². The monoisotopic (exact) mass is 421 g/mol. The van der Waals surface area contributed by atoms with Crippen LogP contribution in [0, 0.1) is 0 Å². The molecule has 2 heterocycles. The second-order valence-corrected chi connectivity index (χ2v) is 8.47. The summed E-state index contributed by atoms with van der Waals surface area (Å²) < 4.78 is 11.9. The van der Waals surface area contributed by atoms with E-state index in [9.17, 15) is 4.79 Å². The second kappa shape index (κ2) is 7.78. The lowest BCUT2D eigenvalue weighted by Crippen LogP contribution is -2.32. The number of aryl methyl sites for hydroxylation is 1. The molecule has 1 N–H and O–H groups in total. The lowest BCUT2D eigenvalue weighted by atomic mass is 9.96. The third kappa shape index (κ3) is 4.63. The predicted molar refractivity (Wildman–Crippen MR) is 101 cm³/mol. The van der Waals surface area contributed by atoms with Gasteiger partial charge in [-0.1, -0.05) is 41.9 Å². The number of carbonyl (C=O) groups excluding carboxylic acids is 1. The molecule has 0 spiro atoms. The zero-order valence-electron chi connectivity index (χ0n) is 15.3. The summed E-state index contributed by atoms with van der Waals surface area (Å²) in [5.41, 5.74) is 0.884. The van der Waals surface area contributed by atoms with E-state index < -0.39 is 0 Å². The smallest absolute Gasteiger partial charge is 0.226 e. The van der Waals surface area contributed by atoms with Gasteiger partial charge in [0.05, 0.1) is 12.6 Å². The van der Waals surface area contributed by atoms with Crippen molar-refractivity contribution in [2.45, 2.75) is 57.9 Å². The Morgan fingerprint density at radius 3 is 2.92 bits per heavy atom. The van der Waals surface area contributed by atoms with Gasteiger partial charge in [0, 0.05) is 34.7 Å². The zero-order valence-corrected chi connectivity index (χ0v) is 16.9. The third-order valence-electron chi connectivity index (χ3n) is 4.28. The molecule has 1 aromatic heterocycles. The van der Waals surface area contributed by atoms with Gasteiger partial charge >= 0.3 is 0 Å². The Balaban J connectivity index is 1.51. The van der Waals surface area contributed by atoms with Crippen LogP contribution in [0.3, 0.4) is 0 Å². The van der Waals surface area contributed by atoms with Crippen LogP contribution in [0.1, 0.15) is 63.4 Å². The quantitative estimate of drug-likeness (QED) is 0.786. The molecule has 1 aromatic carbocycles. The number of halogens is 1. The standard InChI is InChI=1S/C19H24BrN3O3/c1-19(2,3)18-22-17(26-23-18)6-4-5-16(24)21-14-9-10-25-15-8-7-12(20)11-13(14)15/h7-8,11,14H,4-6,9-10H2,1-3H3,(H,21,24). The molecular formula is C19H24BrN3O3. The Morgan fingerprint density at radius 2 is 2.19 bits per heavy atom. The van der Waals surface area contributed by atoms with Crippen LogP contribution in [-0.4, -0.2) is 22.7 Å². The number of hydrogen-bond donors (Lipinski definition) is 1. The SMILES string of the molecule is CC(C)(C)c1noc(CCCC(=O)NC2CCOc3ccc(Br)cc32)n1. The van der Waals surface area contributed by atoms with Gasteiger partial charge in [0.15, 0.2) is 5.82 Å². The Bertz CT molecular complexity index is 783. The van der Waals surface area contributed by atoms with E-state index in [1.165, 1.54) is 0 Å². The molecule has 1 amide bonds. The number of ether oxygens (including phenoxy) is 1. The fraction of sp³-hybridized carbons (Fsp3) is 0.526. The van der Waals surface area contributed by atoms with Gasteiger partial charge in [-0.3, -0.25) is 4.79 Å². The maximum Gasteiger partial charge on any atom is 0.226 e. The van der Waals surface area contributed by atoms with Crippen LogP contribution in [0.2, 0.25) is 0 Å². The fourth-order valence-electron chi connectivity index (χ4n) is 2.84. The Kier molecular flexibility index (Phi) is 5.65. The van der Waals surface area contributed by atoms with E-state index in [0.29, 0.717) is 37.6 Å². The van der Waals surface area contributed by atoms with Crippen molar-refractivity contribution in [1.82, 2.24) is 15.5 Å². The molecule has 1 aliphatic rings. The van der Waals surface area contributed by atoms with Gasteiger partial charge in [0.1, 0.15) is 5.75 Å². The molecule has 0 saturated carbocycles. The lowest BCUT2D eigenvalue weighted by Gasteiger charge is -2.27. The van der Waals surface area contributed by atoms with E-state index >= 15 is 0 Å². The summed E-state index contributed by atoms with van der Waals surface area (Å²) in [7, 11) is 0. The molecule has 1 atom stereocenters. The van der Waals surface area contributed by atoms with Gasteiger partial charge in [0.25, 0.3) is 0 Å². The van der Waals surface area contributed by atoms with Crippen molar-refractivity contribution in [2.24, 2.45) is 0 Å². The van der Waals surface area contributed by atoms with E-state index in [4.69, 9.17) is 9.26 Å². The van der Waals surface area contributed by atoms with Crippen LogP contribution in [0.25, 0.3) is 0 Å². The molecule has 0 aliphatic carbocycles. The summed E-state index contributed by atoms with van der Waals surface area (Å²) in [6.45, 7) is 6.73. The molecule has 7 heteroatoms. The summed E-state index contributed by atoms with van der Waals surface area (Å²) in [6.07, 6.45) is 2.47. The predicted octanol–water partition coefficient (Wildman–Crippen LogP) is 4.09. The van der Waals surface area contributed by atoms with Crippen molar-refractivity contribution >= 4 is 21.8 Å². The minimum atomic E-state index is -0.135. The van der Waals surface area contributed by atoms with Crippen molar-refractivity contribution in [2.75, 3.05) is 6.61 Å². The van der Waals surface area contributed by atoms with E-state index in [2.05, 4.69) is 31.4 Å². The Morgan fingerprint density at radius 1 is 1.38 bits per heavy atom. The van der Waals surface area contributed by atoms with Gasteiger partial charge < -0.3 is 14.6 Å². The van der Waals surface area contributed by atoms with Crippen LogP contribution in [0.4, 0.5) is 0 Å². The molecule has 0 saturated heterocycles. The first-order chi connectivity index (χ1) is 12.3. The maximum absolute atomic E-state index is 12.3. The average Bonchev–Trinajstić information content (AvgIpc) is 3.05. The molecular weight excluding hydrogens is 398 g/mol. The normalized spacial score (nSPS) is 16.7. The number of amides is 1. The summed E-state index contributed by atoms with van der Waals surface area (Å²) in [6, 6.07) is 5.87. The first-order valence-electron chi connectivity index (χ1n) is 8.87. The lowest BCUT2D eigenvalue weighted by molar-refractivity contribution is -0.122. The first-order valence-corrected chi connectivity index (χ1v) is 9.67. The van der Waals surface area contributed by atoms with E-state index in [1.54, 1.807) is 0 Å². The maximum atomic E-state index is 12.3. The Hall–Kier alpha value is -1.89. The van der Waals surface area contributed by atoms with Crippen molar-refractivity contribution in [3.63, 3.8) is 0 Å². The largest absolute Gasteiger partial charge is 0.493 e. The number of fused-ring (bicyclic) bond motifs is 1. The number of nitrogens with zero attached hydrogens (tertiary/aromatic N) is 2. The third-order valence-corrected chi connectivity index (χ3v) is 4.77. The Labute approximate surface area is 161 Å². The number of rotatable bonds is 5. The average molecular weight is 422 g/mol. The molecule has 26 heavy (non-hydrogen) atoms. The van der Waals surface area contributed by atoms with Gasteiger partial charge in [0.2, 0.25) is 11.8 Å². The highest BCUT2D eigenvalue weighted by atomic mass is 79.9. The number of hydrogen-bond acceptors (Lipinski definition) is 5. The van der Waals surface area contributed by atoms with Crippen molar-refractivity contribution < 1.29 is 14.1 Å². The number of benzene rings is 1. The van der Waals surface area contributed by atoms with Crippen molar-refractivity contribution in [3.8, 4) is 5.75 Å². The number of carbonyl (C=O) groups is 1. The van der Waals surface area contributed by atoms with Gasteiger partial charge in [-0.05, 0) is 24.6 Å². The van der Waals surface area contributed by atoms with Crippen LogP contribution in [-0.2, 0) is 16.6 Å². The molecule has 0 bridgehead atoms. The minimum Gasteiger partial charge on any atom is -0.493 e.